The number of nitrogens with zero attached hydrogens (tertiary/aromatic N) is 1. The number of halogens is 4. The number of carbonyl (C=O) groups is 3. The fourth-order valence-corrected chi connectivity index (χ4v) is 4.39. The predicted octanol–water partition coefficient (Wildman–Crippen LogP) is 4.03. The summed E-state index contributed by atoms with van der Waals surface area (Å²) in [5.74, 6) is -3.16. The van der Waals surface area contributed by atoms with Gasteiger partial charge in [0.1, 0.15) is 5.75 Å². The number of carboxylic acids is 1. The van der Waals surface area contributed by atoms with Gasteiger partial charge in [0.15, 0.2) is 10.8 Å². The zero-order valence-electron chi connectivity index (χ0n) is 17.9. The van der Waals surface area contributed by atoms with Gasteiger partial charge in [0, 0.05) is 29.9 Å². The number of aliphatic carboxylic acids is 1. The summed E-state index contributed by atoms with van der Waals surface area (Å²) in [6, 6.07) is 8.17. The molecular formula is C22H16ClF3N4O5S. The summed E-state index contributed by atoms with van der Waals surface area (Å²) in [5, 5.41) is 21.9. The fraction of sp³-hybridized carbons (Fsp3) is 0.0909. The number of nitrogens with one attached hydrogen (secondary N) is 2. The molecule has 1 heterocycles. The van der Waals surface area contributed by atoms with Gasteiger partial charge in [0.25, 0.3) is 11.8 Å². The number of amides is 2. The molecule has 3 rings (SSSR count). The van der Waals surface area contributed by atoms with Gasteiger partial charge in [-0.05, 0) is 29.8 Å². The topological polar surface area (TPSA) is 155 Å². The molecule has 2 amide bonds. The van der Waals surface area contributed by atoms with Gasteiger partial charge in [-0.25, -0.2) is 9.78 Å². The Morgan fingerprint density at radius 1 is 1.14 bits per heavy atom. The Morgan fingerprint density at radius 2 is 1.83 bits per heavy atom. The largest absolute Gasteiger partial charge is 0.508 e. The summed E-state index contributed by atoms with van der Waals surface area (Å²) in [5.41, 5.74) is 3.59. The summed E-state index contributed by atoms with van der Waals surface area (Å²) in [4.78, 5) is 38.9. The van der Waals surface area contributed by atoms with Crippen molar-refractivity contribution in [3.63, 3.8) is 0 Å². The number of rotatable bonds is 7. The van der Waals surface area contributed by atoms with Gasteiger partial charge in [0.05, 0.1) is 15.5 Å². The van der Waals surface area contributed by atoms with Crippen LogP contribution in [0.2, 0.25) is 5.02 Å². The average Bonchev–Trinajstić information content (AvgIpc) is 3.18. The van der Waals surface area contributed by atoms with E-state index in [-0.39, 0.29) is 23.4 Å². The summed E-state index contributed by atoms with van der Waals surface area (Å²) in [6.45, 7) is -0.0799. The Labute approximate surface area is 210 Å². The Balaban J connectivity index is 2.10. The van der Waals surface area contributed by atoms with E-state index in [0.29, 0.717) is 23.0 Å². The third kappa shape index (κ3) is 6.12. The van der Waals surface area contributed by atoms with Crippen LogP contribution in [0, 0.1) is 0 Å². The lowest BCUT2D eigenvalue weighted by molar-refractivity contribution is -0.140. The highest BCUT2D eigenvalue weighted by atomic mass is 35.5. The molecule has 9 nitrogen and oxygen atoms in total. The summed E-state index contributed by atoms with van der Waals surface area (Å²) >= 11 is 6.78. The van der Waals surface area contributed by atoms with Gasteiger partial charge in [0.2, 0.25) is 0 Å². The molecule has 1 aromatic heterocycles. The van der Waals surface area contributed by atoms with Crippen molar-refractivity contribution in [1.82, 2.24) is 15.6 Å². The number of alkyl halides is 3. The van der Waals surface area contributed by atoms with Crippen LogP contribution in [0.5, 0.6) is 5.75 Å². The number of carbonyl (C=O) groups excluding carboxylic acids is 2. The number of aromatic hydroxyl groups is 1. The third-order valence-corrected chi connectivity index (χ3v) is 5.87. The first-order valence-corrected chi connectivity index (χ1v) is 11.0. The first-order valence-electron chi connectivity index (χ1n) is 9.81. The first kappa shape index (κ1) is 26.5. The minimum atomic E-state index is -4.95. The van der Waals surface area contributed by atoms with Crippen LogP contribution < -0.4 is 16.4 Å². The van der Waals surface area contributed by atoms with E-state index in [1.54, 1.807) is 12.1 Å². The third-order valence-electron chi connectivity index (χ3n) is 4.57. The molecule has 0 atom stereocenters. The zero-order valence-corrected chi connectivity index (χ0v) is 19.5. The number of hydrogen-bond donors (Lipinski definition) is 5. The smallest absolute Gasteiger partial charge is 0.434 e. The van der Waals surface area contributed by atoms with E-state index in [4.69, 9.17) is 22.4 Å². The number of hydrogen-bond acceptors (Lipinski definition) is 7. The number of benzene rings is 2. The van der Waals surface area contributed by atoms with E-state index >= 15 is 0 Å². The highest BCUT2D eigenvalue weighted by molar-refractivity contribution is 7.19. The standard InChI is InChI=1S/C22H16ClF3N4O5S/c23-16-13(20(35)28-7-6-14(32)33)5-4-12(19(34)29-9-10-2-1-3-11(31)8-10)15(16)17-18(22(24,25)26)30-21(27)36-17/h1-8,31H,9H2,(H2,27,30)(H,28,35)(H,29,34)(H,32,33)/b7-6-. The van der Waals surface area contributed by atoms with E-state index in [0.717, 1.165) is 18.3 Å². The molecule has 2 aromatic carbocycles. The van der Waals surface area contributed by atoms with Gasteiger partial charge in [-0.3, -0.25) is 9.59 Å². The van der Waals surface area contributed by atoms with Gasteiger partial charge < -0.3 is 26.6 Å². The number of phenols is 1. The monoisotopic (exact) mass is 540 g/mol. The normalized spacial score (nSPS) is 11.4. The summed E-state index contributed by atoms with van der Waals surface area (Å²) in [6.07, 6.45) is -3.52. The quantitative estimate of drug-likeness (QED) is 0.283. The highest BCUT2D eigenvalue weighted by Gasteiger charge is 2.39. The van der Waals surface area contributed by atoms with Crippen molar-refractivity contribution in [3.8, 4) is 16.2 Å². The Morgan fingerprint density at radius 3 is 2.47 bits per heavy atom. The van der Waals surface area contributed by atoms with E-state index in [9.17, 15) is 32.7 Å². The molecule has 0 fully saturated rings. The highest BCUT2D eigenvalue weighted by Crippen LogP contribution is 2.45. The number of carboxylic acid groups (broad SMARTS) is 1. The first-order chi connectivity index (χ1) is 16.9. The molecule has 0 radical (unpaired) electrons. The molecule has 36 heavy (non-hydrogen) atoms. The molecule has 0 aliphatic rings. The van der Waals surface area contributed by atoms with Crippen LogP contribution in [0.4, 0.5) is 18.3 Å². The number of nitrogens with two attached hydrogens (primary N) is 1. The Kier molecular flexibility index (Phi) is 7.85. The molecule has 0 aliphatic carbocycles. The van der Waals surface area contributed by atoms with E-state index in [2.05, 4.69) is 15.6 Å². The molecule has 0 unspecified atom stereocenters. The average molecular weight is 541 g/mol. The van der Waals surface area contributed by atoms with Gasteiger partial charge in [-0.15, -0.1) is 0 Å². The minimum absolute atomic E-state index is 0.0484. The van der Waals surface area contributed by atoms with Crippen molar-refractivity contribution in [2.45, 2.75) is 12.7 Å². The minimum Gasteiger partial charge on any atom is -0.508 e. The van der Waals surface area contributed by atoms with Crippen molar-refractivity contribution < 1.29 is 37.8 Å². The second-order valence-corrected chi connectivity index (χ2v) is 8.48. The predicted molar refractivity (Wildman–Crippen MR) is 125 cm³/mol. The van der Waals surface area contributed by atoms with Crippen molar-refractivity contribution in [1.29, 1.82) is 0 Å². The van der Waals surface area contributed by atoms with Gasteiger partial charge in [-0.1, -0.05) is 35.1 Å². The number of thiazole rings is 1. The lowest BCUT2D eigenvalue weighted by Gasteiger charge is -2.15. The van der Waals surface area contributed by atoms with Crippen LogP contribution in [0.15, 0.2) is 48.7 Å². The molecule has 0 spiro atoms. The van der Waals surface area contributed by atoms with Crippen LogP contribution in [-0.2, 0) is 17.5 Å². The zero-order chi connectivity index (χ0) is 26.6. The molecule has 14 heteroatoms. The van der Waals surface area contributed by atoms with E-state index in [1.165, 1.54) is 12.1 Å². The SMILES string of the molecule is Nc1nc(C(F)(F)F)c(-c2c(C(=O)NCc3cccc(O)c3)ccc(C(=O)N/C=C\C(=O)O)c2Cl)s1. The van der Waals surface area contributed by atoms with Crippen LogP contribution >= 0.6 is 22.9 Å². The van der Waals surface area contributed by atoms with Gasteiger partial charge >= 0.3 is 12.1 Å². The molecule has 0 saturated carbocycles. The van der Waals surface area contributed by atoms with Crippen LogP contribution in [0.1, 0.15) is 32.0 Å². The number of phenolic OH excluding ortho intramolecular Hbond substituents is 1. The van der Waals surface area contributed by atoms with Crippen molar-refractivity contribution in [2.75, 3.05) is 5.73 Å². The molecule has 188 valence electrons. The van der Waals surface area contributed by atoms with Crippen molar-refractivity contribution >= 4 is 45.9 Å². The summed E-state index contributed by atoms with van der Waals surface area (Å²) < 4.78 is 41.1. The summed E-state index contributed by atoms with van der Waals surface area (Å²) in [7, 11) is 0. The van der Waals surface area contributed by atoms with E-state index < -0.39 is 50.2 Å². The second-order valence-electron chi connectivity index (χ2n) is 7.07. The number of nitrogen functional groups attached to an aromatic ring is 1. The number of anilines is 1. The second kappa shape index (κ2) is 10.7. The fourth-order valence-electron chi connectivity index (χ4n) is 3.07. The van der Waals surface area contributed by atoms with Crippen molar-refractivity contribution in [2.24, 2.45) is 0 Å². The molecule has 0 aliphatic heterocycles. The molecule has 6 N–H and O–H groups in total. The maximum Gasteiger partial charge on any atom is 0.434 e. The van der Waals surface area contributed by atoms with Crippen LogP contribution in [0.3, 0.4) is 0 Å². The maximum atomic E-state index is 13.7. The lowest BCUT2D eigenvalue weighted by Crippen LogP contribution is -2.24. The Bertz CT molecular complexity index is 1370. The van der Waals surface area contributed by atoms with Crippen molar-refractivity contribution in [3.05, 3.63) is 76.1 Å². The number of aromatic nitrogens is 1. The van der Waals surface area contributed by atoms with Gasteiger partial charge in [-0.2, -0.15) is 13.2 Å². The lowest BCUT2D eigenvalue weighted by atomic mass is 9.99. The Hall–Kier alpha value is -4.10. The molecule has 0 bridgehead atoms. The maximum absolute atomic E-state index is 13.7. The van der Waals surface area contributed by atoms with E-state index in [1.807, 2.05) is 0 Å². The van der Waals surface area contributed by atoms with Crippen LogP contribution in [0.25, 0.3) is 10.4 Å². The molecule has 3 aromatic rings. The van der Waals surface area contributed by atoms with Crippen LogP contribution in [-0.4, -0.2) is 33.0 Å². The molecule has 0 saturated heterocycles. The molecular weight excluding hydrogens is 525 g/mol.